The number of aliphatic carboxylic acids is 1. The number of nitrogens with one attached hydrogen (secondary N) is 3. The second kappa shape index (κ2) is 11.2. The van der Waals surface area contributed by atoms with Gasteiger partial charge in [0.2, 0.25) is 5.91 Å². The summed E-state index contributed by atoms with van der Waals surface area (Å²) in [7, 11) is 0. The molecule has 36 heavy (non-hydrogen) atoms. The SMILES string of the molecule is NNC=Nc1cccc(C(=O)NCC(=O)NC2(C(F)(F)F)C=C(C(F)(F)F)C=C(CCC(=O)O)C2)c1. The average Bonchev–Trinajstić information content (AvgIpc) is 2.78. The standard InChI is InChI=1S/C21H21F6N5O4/c22-20(23,24)14-6-12(4-5-17(34)35)8-19(9-14,21(25,26)27)32-16(33)10-29-18(36)13-2-1-3-15(7-13)30-11-31-28/h1-3,6-7,9,11H,4-5,8,10,28H2,(H,29,36)(H,30,31)(H,32,33)(H,34,35). The Morgan fingerprint density at radius 2 is 1.86 bits per heavy atom. The van der Waals surface area contributed by atoms with Crippen molar-refractivity contribution in [2.45, 2.75) is 37.2 Å². The molecule has 0 bridgehead atoms. The number of amides is 2. The van der Waals surface area contributed by atoms with Crippen LogP contribution in [-0.4, -0.2) is 53.7 Å². The van der Waals surface area contributed by atoms with Gasteiger partial charge in [-0.1, -0.05) is 17.7 Å². The Balaban J connectivity index is 2.23. The predicted octanol–water partition coefficient (Wildman–Crippen LogP) is 2.64. The maximum atomic E-state index is 14.0. The van der Waals surface area contributed by atoms with Crippen molar-refractivity contribution < 1.29 is 45.8 Å². The average molecular weight is 521 g/mol. The predicted molar refractivity (Wildman–Crippen MR) is 115 cm³/mol. The van der Waals surface area contributed by atoms with Crippen molar-refractivity contribution in [3.63, 3.8) is 0 Å². The Morgan fingerprint density at radius 1 is 1.17 bits per heavy atom. The second-order valence-corrected chi connectivity index (χ2v) is 7.65. The van der Waals surface area contributed by atoms with E-state index in [1.165, 1.54) is 24.3 Å². The summed E-state index contributed by atoms with van der Waals surface area (Å²) in [6, 6.07) is 5.57. The molecular weight excluding hydrogens is 500 g/mol. The summed E-state index contributed by atoms with van der Waals surface area (Å²) in [4.78, 5) is 39.3. The van der Waals surface area contributed by atoms with Crippen LogP contribution in [-0.2, 0) is 9.59 Å². The number of hydrazine groups is 1. The van der Waals surface area contributed by atoms with Gasteiger partial charge in [-0.15, -0.1) is 0 Å². The molecule has 1 aromatic carbocycles. The summed E-state index contributed by atoms with van der Waals surface area (Å²) in [5.74, 6) is 1.35. The van der Waals surface area contributed by atoms with Gasteiger partial charge in [0, 0.05) is 18.4 Å². The van der Waals surface area contributed by atoms with E-state index in [0.717, 1.165) is 6.34 Å². The number of alkyl halides is 6. The van der Waals surface area contributed by atoms with E-state index in [2.05, 4.69) is 15.7 Å². The van der Waals surface area contributed by atoms with Crippen LogP contribution in [0.4, 0.5) is 32.0 Å². The summed E-state index contributed by atoms with van der Waals surface area (Å²) in [6.45, 7) is -0.988. The van der Waals surface area contributed by atoms with E-state index in [-0.39, 0.29) is 17.3 Å². The molecule has 1 unspecified atom stereocenters. The van der Waals surface area contributed by atoms with E-state index < -0.39 is 72.6 Å². The molecule has 2 amide bonds. The molecule has 0 radical (unpaired) electrons. The molecule has 0 aliphatic heterocycles. The molecule has 0 saturated heterocycles. The number of benzene rings is 1. The molecule has 2 rings (SSSR count). The first-order valence-corrected chi connectivity index (χ1v) is 10.1. The number of nitrogens with zero attached hydrogens (tertiary/aromatic N) is 1. The number of hydrogen-bond acceptors (Lipinski definition) is 5. The number of nitrogens with two attached hydrogens (primary N) is 1. The number of halogens is 6. The molecule has 0 aromatic heterocycles. The molecule has 0 fully saturated rings. The van der Waals surface area contributed by atoms with Crippen molar-refractivity contribution in [1.29, 1.82) is 0 Å². The molecule has 0 heterocycles. The number of aliphatic imine (C=N–C) groups is 1. The molecule has 6 N–H and O–H groups in total. The largest absolute Gasteiger partial charge is 0.481 e. The van der Waals surface area contributed by atoms with Crippen LogP contribution in [0.1, 0.15) is 29.6 Å². The van der Waals surface area contributed by atoms with Crippen LogP contribution in [0.15, 0.2) is 52.6 Å². The van der Waals surface area contributed by atoms with Gasteiger partial charge in [-0.25, -0.2) is 10.8 Å². The van der Waals surface area contributed by atoms with Gasteiger partial charge in [0.1, 0.15) is 6.34 Å². The van der Waals surface area contributed by atoms with Crippen molar-refractivity contribution in [3.8, 4) is 0 Å². The highest BCUT2D eigenvalue weighted by atomic mass is 19.4. The fourth-order valence-electron chi connectivity index (χ4n) is 3.31. The van der Waals surface area contributed by atoms with Crippen molar-refractivity contribution in [2.75, 3.05) is 6.54 Å². The van der Waals surface area contributed by atoms with Gasteiger partial charge in [-0.3, -0.25) is 14.4 Å². The van der Waals surface area contributed by atoms with Crippen molar-refractivity contribution >= 4 is 29.8 Å². The topological polar surface area (TPSA) is 146 Å². The van der Waals surface area contributed by atoms with Gasteiger partial charge in [0.05, 0.1) is 17.8 Å². The lowest BCUT2D eigenvalue weighted by Crippen LogP contribution is -2.60. The molecule has 9 nitrogen and oxygen atoms in total. The van der Waals surface area contributed by atoms with Gasteiger partial charge < -0.3 is 21.2 Å². The molecule has 1 aromatic rings. The third-order valence-electron chi connectivity index (χ3n) is 4.93. The third kappa shape index (κ3) is 7.56. The minimum absolute atomic E-state index is 0.00387. The van der Waals surface area contributed by atoms with Gasteiger partial charge >= 0.3 is 18.3 Å². The Bertz CT molecular complexity index is 1100. The van der Waals surface area contributed by atoms with Crippen molar-refractivity contribution in [3.05, 3.63) is 53.1 Å². The third-order valence-corrected chi connectivity index (χ3v) is 4.93. The summed E-state index contributed by atoms with van der Waals surface area (Å²) < 4.78 is 82.1. The Hall–Kier alpha value is -3.88. The monoisotopic (exact) mass is 521 g/mol. The van der Waals surface area contributed by atoms with Gasteiger partial charge in [0.25, 0.3) is 5.91 Å². The zero-order valence-corrected chi connectivity index (χ0v) is 18.3. The quantitative estimate of drug-likeness (QED) is 0.111. The summed E-state index contributed by atoms with van der Waals surface area (Å²) in [6.07, 6.45) is -11.6. The van der Waals surface area contributed by atoms with Crippen molar-refractivity contribution in [2.24, 2.45) is 10.8 Å². The molecule has 1 aliphatic rings. The Labute approximate surface area is 200 Å². The zero-order valence-electron chi connectivity index (χ0n) is 18.3. The second-order valence-electron chi connectivity index (χ2n) is 7.65. The fraction of sp³-hybridized carbons (Fsp3) is 0.333. The molecule has 0 saturated carbocycles. The number of allylic oxidation sites excluding steroid dienone is 2. The minimum Gasteiger partial charge on any atom is -0.481 e. The van der Waals surface area contributed by atoms with E-state index >= 15 is 0 Å². The Kier molecular flexibility index (Phi) is 8.85. The maximum Gasteiger partial charge on any atom is 0.416 e. The summed E-state index contributed by atoms with van der Waals surface area (Å²) in [5.41, 5.74) is -3.18. The van der Waals surface area contributed by atoms with Crippen LogP contribution >= 0.6 is 0 Å². The van der Waals surface area contributed by atoms with Crippen LogP contribution in [0.3, 0.4) is 0 Å². The van der Waals surface area contributed by atoms with Gasteiger partial charge in [-0.05, 0) is 30.7 Å². The van der Waals surface area contributed by atoms with Crippen molar-refractivity contribution in [1.82, 2.24) is 16.1 Å². The Morgan fingerprint density at radius 3 is 2.44 bits per heavy atom. The first-order chi connectivity index (χ1) is 16.7. The highest BCUT2D eigenvalue weighted by molar-refractivity contribution is 5.97. The molecule has 0 spiro atoms. The molecular formula is C21H21F6N5O4. The molecule has 1 atom stereocenters. The van der Waals surface area contributed by atoms with Crippen LogP contribution < -0.4 is 21.9 Å². The van der Waals surface area contributed by atoms with Crippen LogP contribution in [0.5, 0.6) is 0 Å². The van der Waals surface area contributed by atoms with E-state index in [1.54, 1.807) is 5.32 Å². The van der Waals surface area contributed by atoms with E-state index in [0.29, 0.717) is 6.08 Å². The summed E-state index contributed by atoms with van der Waals surface area (Å²) >= 11 is 0. The van der Waals surface area contributed by atoms with Crippen LogP contribution in [0.25, 0.3) is 0 Å². The maximum absolute atomic E-state index is 14.0. The number of carbonyl (C=O) groups excluding carboxylic acids is 2. The lowest BCUT2D eigenvalue weighted by atomic mass is 9.81. The number of rotatable bonds is 9. The lowest BCUT2D eigenvalue weighted by Gasteiger charge is -2.38. The first kappa shape index (κ1) is 28.4. The number of carboxylic acid groups (broad SMARTS) is 1. The van der Waals surface area contributed by atoms with E-state index in [4.69, 9.17) is 10.9 Å². The van der Waals surface area contributed by atoms with E-state index in [1.807, 2.05) is 0 Å². The lowest BCUT2D eigenvalue weighted by molar-refractivity contribution is -0.185. The molecule has 196 valence electrons. The zero-order chi connectivity index (χ0) is 27.1. The van der Waals surface area contributed by atoms with E-state index in [9.17, 15) is 40.7 Å². The van der Waals surface area contributed by atoms with Crippen LogP contribution in [0, 0.1) is 0 Å². The number of carbonyl (C=O) groups is 3. The first-order valence-electron chi connectivity index (χ1n) is 10.1. The van der Waals surface area contributed by atoms with Crippen LogP contribution in [0.2, 0.25) is 0 Å². The normalized spacial score (nSPS) is 18.3. The molecule has 1 aliphatic carbocycles. The summed E-state index contributed by atoms with van der Waals surface area (Å²) in [5, 5.41) is 12.4. The highest BCUT2D eigenvalue weighted by Crippen LogP contribution is 2.44. The molecule has 15 heteroatoms. The number of carboxylic acids is 1. The number of hydrogen-bond donors (Lipinski definition) is 5. The highest BCUT2D eigenvalue weighted by Gasteiger charge is 2.57. The minimum atomic E-state index is -5.38. The fourth-order valence-corrected chi connectivity index (χ4v) is 3.31. The van der Waals surface area contributed by atoms with Gasteiger partial charge in [0.15, 0.2) is 5.54 Å². The van der Waals surface area contributed by atoms with Gasteiger partial charge in [-0.2, -0.15) is 26.3 Å². The smallest absolute Gasteiger partial charge is 0.416 e.